The third-order valence-electron chi connectivity index (χ3n) is 3.57. The lowest BCUT2D eigenvalue weighted by Gasteiger charge is -2.16. The van der Waals surface area contributed by atoms with Gasteiger partial charge in [0.05, 0.1) is 4.47 Å². The van der Waals surface area contributed by atoms with Gasteiger partial charge >= 0.3 is 0 Å². The number of fused-ring (bicyclic) bond motifs is 1. The fraction of sp³-hybridized carbons (Fsp3) is 0.267. The second-order valence-electron chi connectivity index (χ2n) is 4.86. The van der Waals surface area contributed by atoms with E-state index in [2.05, 4.69) is 15.9 Å². The van der Waals surface area contributed by atoms with E-state index in [1.807, 2.05) is 23.6 Å². The van der Waals surface area contributed by atoms with Gasteiger partial charge in [0.15, 0.2) is 5.78 Å². The van der Waals surface area contributed by atoms with Crippen molar-refractivity contribution in [3.8, 4) is 5.69 Å². The van der Waals surface area contributed by atoms with Crippen LogP contribution in [-0.4, -0.2) is 10.4 Å². The van der Waals surface area contributed by atoms with Crippen LogP contribution >= 0.6 is 15.9 Å². The van der Waals surface area contributed by atoms with Gasteiger partial charge in [-0.2, -0.15) is 0 Å². The summed E-state index contributed by atoms with van der Waals surface area (Å²) in [5.74, 6) is -0.0952. The van der Waals surface area contributed by atoms with Gasteiger partial charge in [-0.05, 0) is 60.0 Å². The van der Waals surface area contributed by atoms with Crippen LogP contribution in [-0.2, 0) is 6.42 Å². The number of nitrogens with zero attached hydrogens (tertiary/aromatic N) is 1. The standard InChI is InChI=1S/C15H13BrFNO/c1-9-7-11-14(3-2-4-15(11)19)18(9)10-5-6-12(16)13(17)8-10/h5-8H,2-4H2,1H3. The molecule has 4 heteroatoms. The Hall–Kier alpha value is -1.42. The maximum atomic E-state index is 13.7. The Labute approximate surface area is 119 Å². The molecule has 1 aromatic carbocycles. The largest absolute Gasteiger partial charge is 0.317 e. The Morgan fingerprint density at radius 3 is 2.79 bits per heavy atom. The third kappa shape index (κ3) is 2.04. The molecule has 0 fully saturated rings. The fourth-order valence-electron chi connectivity index (χ4n) is 2.71. The Balaban J connectivity index is 2.20. The van der Waals surface area contributed by atoms with E-state index < -0.39 is 0 Å². The predicted molar refractivity (Wildman–Crippen MR) is 75.4 cm³/mol. The Bertz CT molecular complexity index is 675. The summed E-state index contributed by atoms with van der Waals surface area (Å²) in [5.41, 5.74) is 3.55. The first-order chi connectivity index (χ1) is 9.08. The normalized spacial score (nSPS) is 14.6. The summed E-state index contributed by atoms with van der Waals surface area (Å²) in [7, 11) is 0. The molecular formula is C15H13BrFNO. The molecule has 0 radical (unpaired) electrons. The van der Waals surface area contributed by atoms with Crippen LogP contribution in [0.4, 0.5) is 4.39 Å². The second kappa shape index (κ2) is 4.60. The summed E-state index contributed by atoms with van der Waals surface area (Å²) >= 11 is 3.16. The molecule has 1 aliphatic carbocycles. The maximum Gasteiger partial charge on any atom is 0.164 e. The molecule has 2 aromatic rings. The molecule has 0 unspecified atom stereocenters. The number of aromatic nitrogens is 1. The van der Waals surface area contributed by atoms with Crippen molar-refractivity contribution in [3.63, 3.8) is 0 Å². The number of hydrogen-bond donors (Lipinski definition) is 0. The van der Waals surface area contributed by atoms with Crippen LogP contribution in [0.2, 0.25) is 0 Å². The first-order valence-electron chi connectivity index (χ1n) is 6.28. The molecule has 98 valence electrons. The molecular weight excluding hydrogens is 309 g/mol. The molecule has 3 rings (SSSR count). The number of Topliss-reactive ketones (excluding diaryl/α,β-unsaturated/α-hetero) is 1. The fourth-order valence-corrected chi connectivity index (χ4v) is 2.96. The van der Waals surface area contributed by atoms with Crippen LogP contribution in [0.15, 0.2) is 28.7 Å². The van der Waals surface area contributed by atoms with Crippen molar-refractivity contribution >= 4 is 21.7 Å². The Morgan fingerprint density at radius 2 is 2.05 bits per heavy atom. The maximum absolute atomic E-state index is 13.7. The van der Waals surface area contributed by atoms with Crippen LogP contribution in [0.25, 0.3) is 5.69 Å². The minimum Gasteiger partial charge on any atom is -0.317 e. The molecule has 1 aliphatic rings. The van der Waals surface area contributed by atoms with Crippen LogP contribution in [0.3, 0.4) is 0 Å². The topological polar surface area (TPSA) is 22.0 Å². The minimum absolute atomic E-state index is 0.195. The van der Waals surface area contributed by atoms with Gasteiger partial charge in [0, 0.05) is 29.1 Å². The van der Waals surface area contributed by atoms with Gasteiger partial charge in [0.1, 0.15) is 5.82 Å². The molecule has 1 heterocycles. The summed E-state index contributed by atoms with van der Waals surface area (Å²) in [6, 6.07) is 6.97. The van der Waals surface area contributed by atoms with Crippen molar-refractivity contribution in [1.29, 1.82) is 0 Å². The number of rotatable bonds is 1. The summed E-state index contributed by atoms with van der Waals surface area (Å²) in [4.78, 5) is 11.9. The number of carbonyl (C=O) groups is 1. The van der Waals surface area contributed by atoms with Crippen molar-refractivity contribution in [2.75, 3.05) is 0 Å². The zero-order chi connectivity index (χ0) is 13.6. The highest BCUT2D eigenvalue weighted by atomic mass is 79.9. The molecule has 0 saturated heterocycles. The SMILES string of the molecule is Cc1cc2c(n1-c1ccc(Br)c(F)c1)CCCC2=O. The highest BCUT2D eigenvalue weighted by Gasteiger charge is 2.23. The highest BCUT2D eigenvalue weighted by molar-refractivity contribution is 9.10. The van der Waals surface area contributed by atoms with Gasteiger partial charge in [-0.15, -0.1) is 0 Å². The van der Waals surface area contributed by atoms with Gasteiger partial charge in [-0.1, -0.05) is 0 Å². The molecule has 0 bridgehead atoms. The van der Waals surface area contributed by atoms with Crippen molar-refractivity contribution in [2.24, 2.45) is 0 Å². The van der Waals surface area contributed by atoms with E-state index in [1.165, 1.54) is 6.07 Å². The molecule has 0 amide bonds. The average Bonchev–Trinajstić information content (AvgIpc) is 2.71. The molecule has 1 aromatic heterocycles. The lowest BCUT2D eigenvalue weighted by molar-refractivity contribution is 0.0972. The summed E-state index contributed by atoms with van der Waals surface area (Å²) in [6.45, 7) is 1.95. The van der Waals surface area contributed by atoms with Crippen LogP contribution in [0, 0.1) is 12.7 Å². The molecule has 19 heavy (non-hydrogen) atoms. The molecule has 0 spiro atoms. The van der Waals surface area contributed by atoms with Crippen molar-refractivity contribution in [3.05, 3.63) is 51.5 Å². The number of aryl methyl sites for hydroxylation is 1. The highest BCUT2D eigenvalue weighted by Crippen LogP contribution is 2.29. The number of benzene rings is 1. The first kappa shape index (κ1) is 12.6. The lowest BCUT2D eigenvalue weighted by atomic mass is 9.96. The zero-order valence-electron chi connectivity index (χ0n) is 10.5. The smallest absolute Gasteiger partial charge is 0.164 e. The molecule has 0 N–H and O–H groups in total. The lowest BCUT2D eigenvalue weighted by Crippen LogP contribution is -2.12. The van der Waals surface area contributed by atoms with E-state index in [9.17, 15) is 9.18 Å². The summed E-state index contributed by atoms with van der Waals surface area (Å²) < 4.78 is 16.1. The summed E-state index contributed by atoms with van der Waals surface area (Å²) in [6.07, 6.45) is 2.35. The zero-order valence-corrected chi connectivity index (χ0v) is 12.1. The number of halogens is 2. The number of hydrogen-bond acceptors (Lipinski definition) is 1. The van der Waals surface area contributed by atoms with Crippen LogP contribution in [0.5, 0.6) is 0 Å². The van der Waals surface area contributed by atoms with E-state index >= 15 is 0 Å². The van der Waals surface area contributed by atoms with E-state index in [0.717, 1.165) is 35.5 Å². The number of carbonyl (C=O) groups excluding carboxylic acids is 1. The monoisotopic (exact) mass is 321 g/mol. The molecule has 0 aliphatic heterocycles. The van der Waals surface area contributed by atoms with Crippen LogP contribution in [0.1, 0.15) is 34.6 Å². The van der Waals surface area contributed by atoms with Gasteiger partial charge in [0.25, 0.3) is 0 Å². The Kier molecular flexibility index (Phi) is 3.05. The van der Waals surface area contributed by atoms with Gasteiger partial charge in [0.2, 0.25) is 0 Å². The van der Waals surface area contributed by atoms with E-state index in [1.54, 1.807) is 6.07 Å². The van der Waals surface area contributed by atoms with Crippen molar-refractivity contribution in [1.82, 2.24) is 4.57 Å². The third-order valence-corrected chi connectivity index (χ3v) is 4.21. The predicted octanol–water partition coefficient (Wildman–Crippen LogP) is 4.21. The average molecular weight is 322 g/mol. The summed E-state index contributed by atoms with van der Waals surface area (Å²) in [5, 5.41) is 0. The molecule has 2 nitrogen and oxygen atoms in total. The Morgan fingerprint density at radius 1 is 1.26 bits per heavy atom. The van der Waals surface area contributed by atoms with Crippen LogP contribution < -0.4 is 0 Å². The van der Waals surface area contributed by atoms with E-state index in [4.69, 9.17) is 0 Å². The molecule has 0 atom stereocenters. The quantitative estimate of drug-likeness (QED) is 0.771. The molecule has 0 saturated carbocycles. The van der Waals surface area contributed by atoms with Gasteiger partial charge in [-0.25, -0.2) is 4.39 Å². The van der Waals surface area contributed by atoms with Crippen molar-refractivity contribution < 1.29 is 9.18 Å². The first-order valence-corrected chi connectivity index (χ1v) is 7.07. The van der Waals surface area contributed by atoms with Gasteiger partial charge < -0.3 is 4.57 Å². The van der Waals surface area contributed by atoms with E-state index in [-0.39, 0.29) is 11.6 Å². The van der Waals surface area contributed by atoms with E-state index in [0.29, 0.717) is 10.9 Å². The van der Waals surface area contributed by atoms with Crippen molar-refractivity contribution in [2.45, 2.75) is 26.2 Å². The van der Waals surface area contributed by atoms with Gasteiger partial charge in [-0.3, -0.25) is 4.79 Å². The number of ketones is 1. The minimum atomic E-state index is -0.290. The second-order valence-corrected chi connectivity index (χ2v) is 5.71.